The third-order valence-electron chi connectivity index (χ3n) is 4.19. The van der Waals surface area contributed by atoms with E-state index in [1.165, 1.54) is 0 Å². The first-order valence-electron chi connectivity index (χ1n) is 7.29. The Morgan fingerprint density at radius 2 is 2.05 bits per heavy atom. The van der Waals surface area contributed by atoms with Gasteiger partial charge in [-0.3, -0.25) is 4.79 Å². The van der Waals surface area contributed by atoms with E-state index < -0.39 is 6.04 Å². The number of rotatable bonds is 4. The number of hydrogen-bond acceptors (Lipinski definition) is 3. The van der Waals surface area contributed by atoms with Gasteiger partial charge in [0.25, 0.3) is 0 Å². The van der Waals surface area contributed by atoms with Gasteiger partial charge in [0.1, 0.15) is 5.75 Å². The predicted octanol–water partition coefficient (Wildman–Crippen LogP) is 1.77. The van der Waals surface area contributed by atoms with E-state index in [1.807, 2.05) is 17.0 Å². The molecule has 1 saturated heterocycles. The zero-order chi connectivity index (χ0) is 14.7. The number of nitrogens with two attached hydrogens (primary N) is 1. The Labute approximate surface area is 120 Å². The standard InChI is InChI=1S/C16H24N2O2/c1-11(2)13-7-8-18(10-13)16(20)15(17)9-12-3-5-14(19)6-4-12/h3-6,11,13,15,19H,7-10,17H2,1-2H3/t13?,15-/m1/s1. The van der Waals surface area contributed by atoms with Crippen molar-refractivity contribution in [3.05, 3.63) is 29.8 Å². The molecule has 2 rings (SSSR count). The maximum Gasteiger partial charge on any atom is 0.239 e. The fourth-order valence-corrected chi connectivity index (χ4v) is 2.74. The number of benzene rings is 1. The summed E-state index contributed by atoms with van der Waals surface area (Å²) in [5.41, 5.74) is 7.01. The summed E-state index contributed by atoms with van der Waals surface area (Å²) in [6.07, 6.45) is 1.59. The Balaban J connectivity index is 1.91. The molecule has 2 atom stereocenters. The minimum absolute atomic E-state index is 0.0428. The fourth-order valence-electron chi connectivity index (χ4n) is 2.74. The lowest BCUT2D eigenvalue weighted by Crippen LogP contribution is -2.44. The van der Waals surface area contributed by atoms with Crippen LogP contribution in [0.15, 0.2) is 24.3 Å². The van der Waals surface area contributed by atoms with Gasteiger partial charge < -0.3 is 15.7 Å². The van der Waals surface area contributed by atoms with E-state index in [0.717, 1.165) is 25.1 Å². The van der Waals surface area contributed by atoms with E-state index in [0.29, 0.717) is 18.3 Å². The van der Waals surface area contributed by atoms with E-state index in [1.54, 1.807) is 12.1 Å². The van der Waals surface area contributed by atoms with Gasteiger partial charge in [-0.1, -0.05) is 26.0 Å². The summed E-state index contributed by atoms with van der Waals surface area (Å²) in [5, 5.41) is 9.25. The molecule has 4 heteroatoms. The van der Waals surface area contributed by atoms with Crippen LogP contribution in [-0.4, -0.2) is 35.0 Å². The first kappa shape index (κ1) is 14.9. The highest BCUT2D eigenvalue weighted by atomic mass is 16.3. The Hall–Kier alpha value is -1.55. The Morgan fingerprint density at radius 1 is 1.40 bits per heavy atom. The number of carbonyl (C=O) groups excluding carboxylic acids is 1. The van der Waals surface area contributed by atoms with Crippen LogP contribution >= 0.6 is 0 Å². The summed E-state index contributed by atoms with van der Waals surface area (Å²) >= 11 is 0. The molecule has 1 amide bonds. The van der Waals surface area contributed by atoms with Crippen molar-refractivity contribution in [3.63, 3.8) is 0 Å². The van der Waals surface area contributed by atoms with Crippen LogP contribution in [0.1, 0.15) is 25.8 Å². The molecule has 1 aromatic carbocycles. The smallest absolute Gasteiger partial charge is 0.239 e. The summed E-state index contributed by atoms with van der Waals surface area (Å²) in [6, 6.07) is 6.37. The number of carbonyl (C=O) groups is 1. The Morgan fingerprint density at radius 3 is 2.60 bits per heavy atom. The van der Waals surface area contributed by atoms with Gasteiger partial charge >= 0.3 is 0 Å². The molecule has 3 N–H and O–H groups in total. The molecule has 1 unspecified atom stereocenters. The first-order chi connectivity index (χ1) is 9.47. The van der Waals surface area contributed by atoms with E-state index >= 15 is 0 Å². The molecule has 1 fully saturated rings. The predicted molar refractivity (Wildman–Crippen MR) is 79.3 cm³/mol. The molecule has 1 aliphatic rings. The van der Waals surface area contributed by atoms with Gasteiger partial charge in [0.2, 0.25) is 5.91 Å². The van der Waals surface area contributed by atoms with Crippen LogP contribution in [0, 0.1) is 11.8 Å². The molecule has 0 bridgehead atoms. The molecule has 1 aliphatic heterocycles. The third-order valence-corrected chi connectivity index (χ3v) is 4.19. The molecule has 20 heavy (non-hydrogen) atoms. The van der Waals surface area contributed by atoms with Crippen LogP contribution in [0.3, 0.4) is 0 Å². The van der Waals surface area contributed by atoms with Crippen molar-refractivity contribution in [2.24, 2.45) is 17.6 Å². The second-order valence-corrected chi connectivity index (χ2v) is 6.05. The molecule has 0 aliphatic carbocycles. The van der Waals surface area contributed by atoms with Gasteiger partial charge in [-0.2, -0.15) is 0 Å². The van der Waals surface area contributed by atoms with Crippen molar-refractivity contribution in [3.8, 4) is 5.75 Å². The van der Waals surface area contributed by atoms with Crippen molar-refractivity contribution < 1.29 is 9.90 Å². The molecule has 4 nitrogen and oxygen atoms in total. The second-order valence-electron chi connectivity index (χ2n) is 6.05. The van der Waals surface area contributed by atoms with Crippen LogP contribution in [0.2, 0.25) is 0 Å². The SMILES string of the molecule is CC(C)C1CCN(C(=O)[C@H](N)Cc2ccc(O)cc2)C1. The molecule has 0 spiro atoms. The molecular weight excluding hydrogens is 252 g/mol. The zero-order valence-corrected chi connectivity index (χ0v) is 12.2. The van der Waals surface area contributed by atoms with Gasteiger partial charge in [0, 0.05) is 13.1 Å². The van der Waals surface area contributed by atoms with Crippen LogP contribution in [0.5, 0.6) is 5.75 Å². The minimum atomic E-state index is -0.495. The van der Waals surface area contributed by atoms with Crippen molar-refractivity contribution in [1.29, 1.82) is 0 Å². The number of phenols is 1. The van der Waals surface area contributed by atoms with Crippen molar-refractivity contribution in [1.82, 2.24) is 4.90 Å². The lowest BCUT2D eigenvalue weighted by atomic mass is 9.95. The number of phenolic OH excluding ortho intramolecular Hbond substituents is 1. The summed E-state index contributed by atoms with van der Waals surface area (Å²) in [7, 11) is 0. The zero-order valence-electron chi connectivity index (χ0n) is 12.2. The fraction of sp³-hybridized carbons (Fsp3) is 0.562. The molecular formula is C16H24N2O2. The largest absolute Gasteiger partial charge is 0.508 e. The van der Waals surface area contributed by atoms with Crippen molar-refractivity contribution >= 4 is 5.91 Å². The second kappa shape index (κ2) is 6.27. The topological polar surface area (TPSA) is 66.6 Å². The van der Waals surface area contributed by atoms with E-state index in [4.69, 9.17) is 5.73 Å². The van der Waals surface area contributed by atoms with Crippen LogP contribution in [0.25, 0.3) is 0 Å². The van der Waals surface area contributed by atoms with Crippen LogP contribution in [0.4, 0.5) is 0 Å². The van der Waals surface area contributed by atoms with Gasteiger partial charge in [0.05, 0.1) is 6.04 Å². The monoisotopic (exact) mass is 276 g/mol. The van der Waals surface area contributed by atoms with Gasteiger partial charge in [-0.15, -0.1) is 0 Å². The van der Waals surface area contributed by atoms with Crippen molar-refractivity contribution in [2.45, 2.75) is 32.7 Å². The molecule has 1 aromatic rings. The average Bonchev–Trinajstić information content (AvgIpc) is 2.90. The number of amides is 1. The van der Waals surface area contributed by atoms with Gasteiger partial charge in [-0.25, -0.2) is 0 Å². The number of hydrogen-bond donors (Lipinski definition) is 2. The number of likely N-dealkylation sites (tertiary alicyclic amines) is 1. The highest BCUT2D eigenvalue weighted by Gasteiger charge is 2.30. The maximum absolute atomic E-state index is 12.3. The number of aromatic hydroxyl groups is 1. The minimum Gasteiger partial charge on any atom is -0.508 e. The molecule has 0 radical (unpaired) electrons. The van der Waals surface area contributed by atoms with Crippen LogP contribution in [-0.2, 0) is 11.2 Å². The summed E-state index contributed by atoms with van der Waals surface area (Å²) < 4.78 is 0. The van der Waals surface area contributed by atoms with Gasteiger partial charge in [-0.05, 0) is 42.4 Å². The Kier molecular flexibility index (Phi) is 4.65. The normalized spacial score (nSPS) is 20.4. The van der Waals surface area contributed by atoms with Gasteiger partial charge in [0.15, 0.2) is 0 Å². The summed E-state index contributed by atoms with van der Waals surface area (Å²) in [4.78, 5) is 14.2. The lowest BCUT2D eigenvalue weighted by Gasteiger charge is -2.22. The van der Waals surface area contributed by atoms with E-state index in [9.17, 15) is 9.90 Å². The maximum atomic E-state index is 12.3. The highest BCUT2D eigenvalue weighted by molar-refractivity contribution is 5.82. The van der Waals surface area contributed by atoms with E-state index in [-0.39, 0.29) is 11.7 Å². The molecule has 110 valence electrons. The van der Waals surface area contributed by atoms with Crippen molar-refractivity contribution in [2.75, 3.05) is 13.1 Å². The average molecular weight is 276 g/mol. The Bertz CT molecular complexity index is 456. The van der Waals surface area contributed by atoms with Crippen LogP contribution < -0.4 is 5.73 Å². The first-order valence-corrected chi connectivity index (χ1v) is 7.29. The summed E-state index contributed by atoms with van der Waals surface area (Å²) in [6.45, 7) is 6.06. The lowest BCUT2D eigenvalue weighted by molar-refractivity contribution is -0.131. The molecule has 0 aromatic heterocycles. The van der Waals surface area contributed by atoms with E-state index in [2.05, 4.69) is 13.8 Å². The molecule has 0 saturated carbocycles. The molecule has 1 heterocycles. The quantitative estimate of drug-likeness (QED) is 0.880. The highest BCUT2D eigenvalue weighted by Crippen LogP contribution is 2.24. The number of nitrogens with zero attached hydrogens (tertiary/aromatic N) is 1. The third kappa shape index (κ3) is 3.51. The summed E-state index contributed by atoms with van der Waals surface area (Å²) in [5.74, 6) is 1.48.